The molecule has 2 nitrogen and oxygen atoms in total. The molecule has 0 bridgehead atoms. The summed E-state index contributed by atoms with van der Waals surface area (Å²) in [7, 11) is 0. The summed E-state index contributed by atoms with van der Waals surface area (Å²) in [6.07, 6.45) is 1.86. The molecule has 0 saturated carbocycles. The van der Waals surface area contributed by atoms with Crippen LogP contribution in [0, 0.1) is 3.57 Å². The summed E-state index contributed by atoms with van der Waals surface area (Å²) in [6, 6.07) is 7.90. The molecule has 76 valence electrons. The lowest BCUT2D eigenvalue weighted by Crippen LogP contribution is -2.17. The number of thiocarbonyl (C=S) groups is 1. The van der Waals surface area contributed by atoms with Crippen molar-refractivity contribution in [3.05, 3.63) is 38.3 Å². The van der Waals surface area contributed by atoms with E-state index in [2.05, 4.69) is 27.9 Å². The molecule has 1 heterocycles. The predicted molar refractivity (Wildman–Crippen MR) is 75.5 cm³/mol. The Labute approximate surface area is 111 Å². The van der Waals surface area contributed by atoms with E-state index in [-0.39, 0.29) is 5.91 Å². The van der Waals surface area contributed by atoms with E-state index in [0.29, 0.717) is 9.23 Å². The van der Waals surface area contributed by atoms with Gasteiger partial charge < -0.3 is 5.32 Å². The molecule has 0 atom stereocenters. The van der Waals surface area contributed by atoms with E-state index in [0.717, 1.165) is 9.13 Å². The molecule has 0 spiro atoms. The summed E-state index contributed by atoms with van der Waals surface area (Å²) in [5.41, 5.74) is 1.04. The summed E-state index contributed by atoms with van der Waals surface area (Å²) in [6.45, 7) is 0. The summed E-state index contributed by atoms with van der Waals surface area (Å²) in [5, 5.41) is 2.59. The van der Waals surface area contributed by atoms with Crippen molar-refractivity contribution in [2.45, 2.75) is 0 Å². The van der Waals surface area contributed by atoms with E-state index >= 15 is 0 Å². The second-order valence-corrected chi connectivity index (χ2v) is 5.75. The average Bonchev–Trinajstić information content (AvgIpc) is 2.49. The van der Waals surface area contributed by atoms with Gasteiger partial charge in [-0.2, -0.15) is 0 Å². The number of thioether (sulfide) groups is 1. The number of hydrogen-bond donors (Lipinski definition) is 1. The Hall–Kier alpha value is -0.400. The first-order valence-electron chi connectivity index (χ1n) is 4.16. The predicted octanol–water partition coefficient (Wildman–Crippen LogP) is 2.78. The van der Waals surface area contributed by atoms with Crippen molar-refractivity contribution >= 4 is 62.9 Å². The lowest BCUT2D eigenvalue weighted by molar-refractivity contribution is -0.115. The molecule has 15 heavy (non-hydrogen) atoms. The van der Waals surface area contributed by atoms with Crippen LogP contribution in [0.5, 0.6) is 0 Å². The summed E-state index contributed by atoms with van der Waals surface area (Å²) >= 11 is 8.46. The first-order valence-corrected chi connectivity index (χ1v) is 6.46. The van der Waals surface area contributed by atoms with Crippen LogP contribution < -0.4 is 5.32 Å². The van der Waals surface area contributed by atoms with Gasteiger partial charge in [0.15, 0.2) is 0 Å². The van der Waals surface area contributed by atoms with Gasteiger partial charge in [0.05, 0.1) is 4.91 Å². The number of halogens is 1. The topological polar surface area (TPSA) is 29.1 Å². The maximum Gasteiger partial charge on any atom is 0.263 e. The smallest absolute Gasteiger partial charge is 0.263 e. The van der Waals surface area contributed by atoms with E-state index in [4.69, 9.17) is 12.2 Å². The van der Waals surface area contributed by atoms with Gasteiger partial charge >= 0.3 is 0 Å². The van der Waals surface area contributed by atoms with E-state index in [9.17, 15) is 4.79 Å². The molecule has 0 unspecified atom stereocenters. The number of carbonyl (C=O) groups is 1. The number of benzene rings is 1. The van der Waals surface area contributed by atoms with Crippen molar-refractivity contribution in [3.63, 3.8) is 0 Å². The van der Waals surface area contributed by atoms with Gasteiger partial charge in [0, 0.05) is 3.57 Å². The third-order valence-electron chi connectivity index (χ3n) is 1.83. The Morgan fingerprint density at radius 2 is 2.13 bits per heavy atom. The number of nitrogens with one attached hydrogen (secondary N) is 1. The van der Waals surface area contributed by atoms with Gasteiger partial charge in [0.25, 0.3) is 5.91 Å². The van der Waals surface area contributed by atoms with Crippen LogP contribution in [0.3, 0.4) is 0 Å². The number of hydrogen-bond acceptors (Lipinski definition) is 3. The third kappa shape index (κ3) is 2.59. The van der Waals surface area contributed by atoms with Crippen LogP contribution in [-0.4, -0.2) is 10.2 Å². The molecule has 1 aliphatic heterocycles. The first kappa shape index (κ1) is 11.1. The highest BCUT2D eigenvalue weighted by atomic mass is 127. The molecule has 0 radical (unpaired) electrons. The molecule has 1 aromatic rings. The SMILES string of the molecule is O=C1NC(=S)S/C1=C\c1ccccc1I. The zero-order valence-electron chi connectivity index (χ0n) is 7.49. The molecule has 5 heteroatoms. The molecule has 1 N–H and O–H groups in total. The lowest BCUT2D eigenvalue weighted by atomic mass is 10.2. The second-order valence-electron chi connectivity index (χ2n) is 2.87. The molecule has 2 rings (SSSR count). The minimum atomic E-state index is -0.107. The largest absolute Gasteiger partial charge is 0.307 e. The van der Waals surface area contributed by atoms with Gasteiger partial charge in [0.1, 0.15) is 4.32 Å². The fraction of sp³-hybridized carbons (Fsp3) is 0. The van der Waals surface area contributed by atoms with Gasteiger partial charge in [-0.3, -0.25) is 4.79 Å². The van der Waals surface area contributed by atoms with Crippen molar-refractivity contribution in [2.75, 3.05) is 0 Å². The van der Waals surface area contributed by atoms with Crippen LogP contribution >= 0.6 is 46.6 Å². The van der Waals surface area contributed by atoms with Gasteiger partial charge in [-0.15, -0.1) is 0 Å². The molecule has 1 saturated heterocycles. The van der Waals surface area contributed by atoms with Crippen LogP contribution in [0.4, 0.5) is 0 Å². The fourth-order valence-electron chi connectivity index (χ4n) is 1.15. The van der Waals surface area contributed by atoms with Crippen molar-refractivity contribution in [1.82, 2.24) is 5.32 Å². The third-order valence-corrected chi connectivity index (χ3v) is 3.98. The van der Waals surface area contributed by atoms with E-state index < -0.39 is 0 Å². The fourth-order valence-corrected chi connectivity index (χ4v) is 2.73. The van der Waals surface area contributed by atoms with Crippen molar-refractivity contribution in [2.24, 2.45) is 0 Å². The van der Waals surface area contributed by atoms with Crippen molar-refractivity contribution in [3.8, 4) is 0 Å². The van der Waals surface area contributed by atoms with E-state index in [1.165, 1.54) is 11.8 Å². The van der Waals surface area contributed by atoms with Crippen LogP contribution in [0.25, 0.3) is 6.08 Å². The van der Waals surface area contributed by atoms with E-state index in [1.54, 1.807) is 0 Å². The Kier molecular flexibility index (Phi) is 3.42. The Bertz CT molecular complexity index is 470. The zero-order chi connectivity index (χ0) is 10.8. The molecule has 0 aromatic heterocycles. The molecule has 1 aliphatic rings. The highest BCUT2D eigenvalue weighted by Crippen LogP contribution is 2.27. The summed E-state index contributed by atoms with van der Waals surface area (Å²) < 4.78 is 1.64. The molecular formula is C10H6INOS2. The highest BCUT2D eigenvalue weighted by Gasteiger charge is 2.21. The number of carbonyl (C=O) groups excluding carboxylic acids is 1. The monoisotopic (exact) mass is 347 g/mol. The second kappa shape index (κ2) is 4.63. The van der Waals surface area contributed by atoms with E-state index in [1.807, 2.05) is 30.3 Å². The summed E-state index contributed by atoms with van der Waals surface area (Å²) in [4.78, 5) is 12.1. The van der Waals surface area contributed by atoms with Gasteiger partial charge in [-0.1, -0.05) is 42.2 Å². The standard InChI is InChI=1S/C10H6INOS2/c11-7-4-2-1-3-6(7)5-8-9(13)12-10(14)15-8/h1-5H,(H,12,13,14)/b8-5-. The van der Waals surface area contributed by atoms with Gasteiger partial charge in [-0.25, -0.2) is 0 Å². The van der Waals surface area contributed by atoms with Gasteiger partial charge in [-0.05, 0) is 40.3 Å². The van der Waals surface area contributed by atoms with Crippen molar-refractivity contribution < 1.29 is 4.79 Å². The number of rotatable bonds is 1. The van der Waals surface area contributed by atoms with Crippen LogP contribution in [0.2, 0.25) is 0 Å². The Balaban J connectivity index is 2.35. The lowest BCUT2D eigenvalue weighted by Gasteiger charge is -1.97. The van der Waals surface area contributed by atoms with Crippen LogP contribution in [0.15, 0.2) is 29.2 Å². The average molecular weight is 347 g/mol. The Morgan fingerprint density at radius 1 is 1.40 bits per heavy atom. The van der Waals surface area contributed by atoms with Gasteiger partial charge in [0.2, 0.25) is 0 Å². The minimum absolute atomic E-state index is 0.107. The van der Waals surface area contributed by atoms with Crippen molar-refractivity contribution in [1.29, 1.82) is 0 Å². The zero-order valence-corrected chi connectivity index (χ0v) is 11.3. The highest BCUT2D eigenvalue weighted by molar-refractivity contribution is 14.1. The molecule has 1 fully saturated rings. The molecule has 1 aromatic carbocycles. The normalized spacial score (nSPS) is 18.3. The quantitative estimate of drug-likeness (QED) is 0.481. The Morgan fingerprint density at radius 3 is 2.73 bits per heavy atom. The molecule has 1 amide bonds. The molecule has 0 aliphatic carbocycles. The number of amides is 1. The summed E-state index contributed by atoms with van der Waals surface area (Å²) in [5.74, 6) is -0.107. The van der Waals surface area contributed by atoms with Crippen LogP contribution in [-0.2, 0) is 4.79 Å². The maximum absolute atomic E-state index is 11.4. The first-order chi connectivity index (χ1) is 7.16. The maximum atomic E-state index is 11.4. The minimum Gasteiger partial charge on any atom is -0.307 e. The molecular weight excluding hydrogens is 341 g/mol. The van der Waals surface area contributed by atoms with Crippen LogP contribution in [0.1, 0.15) is 5.56 Å².